The van der Waals surface area contributed by atoms with Gasteiger partial charge in [-0.15, -0.1) is 0 Å². The molecule has 104 valence electrons. The summed E-state index contributed by atoms with van der Waals surface area (Å²) in [5.74, 6) is -1.74. The van der Waals surface area contributed by atoms with Crippen LogP contribution in [-0.4, -0.2) is 41.3 Å². The Morgan fingerprint density at radius 3 is 2.17 bits per heavy atom. The van der Waals surface area contributed by atoms with Gasteiger partial charge in [-0.2, -0.15) is 13.2 Å². The minimum atomic E-state index is -4.05. The van der Waals surface area contributed by atoms with E-state index in [-0.39, 0.29) is 31.2 Å². The summed E-state index contributed by atoms with van der Waals surface area (Å²) in [6, 6.07) is 0.230. The third-order valence-electron chi connectivity index (χ3n) is 4.12. The molecule has 1 N–H and O–H groups in total. The van der Waals surface area contributed by atoms with Gasteiger partial charge in [0, 0.05) is 19.1 Å². The summed E-state index contributed by atoms with van der Waals surface area (Å²) in [7, 11) is 0. The third kappa shape index (κ3) is 3.16. The molecule has 18 heavy (non-hydrogen) atoms. The van der Waals surface area contributed by atoms with Gasteiger partial charge >= 0.3 is 12.1 Å². The summed E-state index contributed by atoms with van der Waals surface area (Å²) in [4.78, 5) is 12.6. The Hall–Kier alpha value is -0.780. The fraction of sp³-hybridized carbons (Fsp3) is 0.917. The van der Waals surface area contributed by atoms with E-state index >= 15 is 0 Å². The van der Waals surface area contributed by atoms with Crippen LogP contribution >= 0.6 is 0 Å². The molecule has 2 fully saturated rings. The Bertz CT molecular complexity index is 305. The van der Waals surface area contributed by atoms with Gasteiger partial charge in [-0.3, -0.25) is 9.69 Å². The molecule has 1 aliphatic heterocycles. The highest BCUT2D eigenvalue weighted by Crippen LogP contribution is 2.40. The average Bonchev–Trinajstić information content (AvgIpc) is 2.21. The lowest BCUT2D eigenvalue weighted by atomic mass is 9.82. The second kappa shape index (κ2) is 5.07. The number of aliphatic carboxylic acids is 1. The largest absolute Gasteiger partial charge is 0.481 e. The number of rotatable bonds is 3. The van der Waals surface area contributed by atoms with E-state index in [0.717, 1.165) is 13.1 Å². The summed E-state index contributed by atoms with van der Waals surface area (Å²) in [5, 5.41) is 8.63. The maximum atomic E-state index is 12.5. The van der Waals surface area contributed by atoms with E-state index in [1.54, 1.807) is 0 Å². The quantitative estimate of drug-likeness (QED) is 0.852. The zero-order chi connectivity index (χ0) is 13.3. The molecular formula is C12H18F3NO2. The molecule has 0 amide bonds. The van der Waals surface area contributed by atoms with Crippen molar-refractivity contribution in [1.82, 2.24) is 4.90 Å². The first-order valence-corrected chi connectivity index (χ1v) is 6.39. The molecule has 0 aromatic carbocycles. The molecule has 0 aromatic heterocycles. The Kier molecular flexibility index (Phi) is 3.84. The van der Waals surface area contributed by atoms with Crippen molar-refractivity contribution in [1.29, 1.82) is 0 Å². The fourth-order valence-electron chi connectivity index (χ4n) is 3.05. The SMILES string of the molecule is O=C(O)CC1CN(C2CCC(C(F)(F)F)CC2)C1. The molecule has 0 bridgehead atoms. The zero-order valence-electron chi connectivity index (χ0n) is 10.1. The molecule has 1 heterocycles. The van der Waals surface area contributed by atoms with Crippen molar-refractivity contribution in [3.8, 4) is 0 Å². The fourth-order valence-corrected chi connectivity index (χ4v) is 3.05. The number of alkyl halides is 3. The molecule has 0 spiro atoms. The summed E-state index contributed by atoms with van der Waals surface area (Å²) in [6.45, 7) is 1.46. The van der Waals surface area contributed by atoms with Crippen LogP contribution in [0.4, 0.5) is 13.2 Å². The Balaban J connectivity index is 1.71. The highest BCUT2D eigenvalue weighted by atomic mass is 19.4. The van der Waals surface area contributed by atoms with E-state index in [4.69, 9.17) is 5.11 Å². The maximum Gasteiger partial charge on any atom is 0.391 e. The first kappa shape index (κ1) is 13.6. The van der Waals surface area contributed by atoms with Crippen LogP contribution in [0.3, 0.4) is 0 Å². The van der Waals surface area contributed by atoms with Crippen LogP contribution < -0.4 is 0 Å². The Morgan fingerprint density at radius 2 is 1.72 bits per heavy atom. The number of nitrogens with zero attached hydrogens (tertiary/aromatic N) is 1. The van der Waals surface area contributed by atoms with Crippen molar-refractivity contribution in [2.24, 2.45) is 11.8 Å². The molecular weight excluding hydrogens is 247 g/mol. The van der Waals surface area contributed by atoms with Crippen molar-refractivity contribution in [2.45, 2.75) is 44.3 Å². The van der Waals surface area contributed by atoms with E-state index in [2.05, 4.69) is 4.90 Å². The molecule has 2 aliphatic rings. The van der Waals surface area contributed by atoms with E-state index in [1.807, 2.05) is 0 Å². The molecule has 6 heteroatoms. The van der Waals surface area contributed by atoms with Gasteiger partial charge in [-0.05, 0) is 31.6 Å². The maximum absolute atomic E-state index is 12.5. The molecule has 3 nitrogen and oxygen atoms in total. The predicted octanol–water partition coefficient (Wildman–Crippen LogP) is 2.51. The standard InChI is InChI=1S/C12H18F3NO2/c13-12(14,15)9-1-3-10(4-2-9)16-6-8(7-16)5-11(17)18/h8-10H,1-7H2,(H,17,18). The molecule has 1 saturated carbocycles. The van der Waals surface area contributed by atoms with Crippen molar-refractivity contribution in [3.05, 3.63) is 0 Å². The summed E-state index contributed by atoms with van der Waals surface area (Å²) < 4.78 is 37.5. The van der Waals surface area contributed by atoms with E-state index < -0.39 is 18.1 Å². The predicted molar refractivity (Wildman–Crippen MR) is 59.1 cm³/mol. The minimum Gasteiger partial charge on any atom is -0.481 e. The smallest absolute Gasteiger partial charge is 0.391 e. The van der Waals surface area contributed by atoms with Crippen molar-refractivity contribution in [2.75, 3.05) is 13.1 Å². The lowest BCUT2D eigenvalue weighted by Gasteiger charge is -2.46. The Labute approximate surface area is 104 Å². The number of carboxylic acid groups (broad SMARTS) is 1. The number of hydrogen-bond acceptors (Lipinski definition) is 2. The summed E-state index contributed by atoms with van der Waals surface area (Å²) >= 11 is 0. The summed E-state index contributed by atoms with van der Waals surface area (Å²) in [6.07, 6.45) is -2.27. The van der Waals surface area contributed by atoms with Gasteiger partial charge in [-0.25, -0.2) is 0 Å². The first-order valence-electron chi connectivity index (χ1n) is 6.39. The van der Waals surface area contributed by atoms with Gasteiger partial charge in [-0.1, -0.05) is 0 Å². The molecule has 0 radical (unpaired) electrons. The van der Waals surface area contributed by atoms with Crippen LogP contribution in [0.25, 0.3) is 0 Å². The van der Waals surface area contributed by atoms with E-state index in [9.17, 15) is 18.0 Å². The molecule has 2 rings (SSSR count). The van der Waals surface area contributed by atoms with Crippen LogP contribution in [0.1, 0.15) is 32.1 Å². The number of halogens is 3. The molecule has 0 atom stereocenters. The van der Waals surface area contributed by atoms with Crippen LogP contribution in [0.15, 0.2) is 0 Å². The third-order valence-corrected chi connectivity index (χ3v) is 4.12. The lowest BCUT2D eigenvalue weighted by molar-refractivity contribution is -0.185. The van der Waals surface area contributed by atoms with E-state index in [1.165, 1.54) is 0 Å². The number of carboxylic acids is 1. The average molecular weight is 265 g/mol. The van der Waals surface area contributed by atoms with E-state index in [0.29, 0.717) is 12.8 Å². The van der Waals surface area contributed by atoms with Gasteiger partial charge in [0.1, 0.15) is 0 Å². The van der Waals surface area contributed by atoms with Crippen LogP contribution in [0.2, 0.25) is 0 Å². The highest BCUT2D eigenvalue weighted by molar-refractivity contribution is 5.67. The minimum absolute atomic E-state index is 0.175. The monoisotopic (exact) mass is 265 g/mol. The highest BCUT2D eigenvalue weighted by Gasteiger charge is 2.43. The normalized spacial score (nSPS) is 31.1. The number of likely N-dealkylation sites (tertiary alicyclic amines) is 1. The van der Waals surface area contributed by atoms with Crippen LogP contribution in [-0.2, 0) is 4.79 Å². The molecule has 0 aromatic rings. The molecule has 1 saturated heterocycles. The lowest BCUT2D eigenvalue weighted by Crippen LogP contribution is -2.53. The zero-order valence-corrected chi connectivity index (χ0v) is 10.1. The van der Waals surface area contributed by atoms with Gasteiger partial charge in [0.2, 0.25) is 0 Å². The van der Waals surface area contributed by atoms with Gasteiger partial charge in [0.05, 0.1) is 12.3 Å². The second-order valence-corrected chi connectivity index (χ2v) is 5.46. The van der Waals surface area contributed by atoms with Gasteiger partial charge in [0.25, 0.3) is 0 Å². The van der Waals surface area contributed by atoms with Crippen molar-refractivity contribution in [3.63, 3.8) is 0 Å². The number of carbonyl (C=O) groups is 1. The first-order chi connectivity index (χ1) is 8.36. The topological polar surface area (TPSA) is 40.5 Å². The Morgan fingerprint density at radius 1 is 1.17 bits per heavy atom. The molecule has 1 aliphatic carbocycles. The van der Waals surface area contributed by atoms with Crippen LogP contribution in [0, 0.1) is 11.8 Å². The summed E-state index contributed by atoms with van der Waals surface area (Å²) in [5.41, 5.74) is 0. The van der Waals surface area contributed by atoms with Crippen molar-refractivity contribution >= 4 is 5.97 Å². The van der Waals surface area contributed by atoms with Gasteiger partial charge in [0.15, 0.2) is 0 Å². The van der Waals surface area contributed by atoms with Crippen molar-refractivity contribution < 1.29 is 23.1 Å². The van der Waals surface area contributed by atoms with Gasteiger partial charge < -0.3 is 5.11 Å². The number of hydrogen-bond donors (Lipinski definition) is 1. The molecule has 0 unspecified atom stereocenters. The van der Waals surface area contributed by atoms with Crippen LogP contribution in [0.5, 0.6) is 0 Å². The second-order valence-electron chi connectivity index (χ2n) is 5.46.